The van der Waals surface area contributed by atoms with E-state index in [0.717, 1.165) is 6.42 Å². The summed E-state index contributed by atoms with van der Waals surface area (Å²) in [6, 6.07) is 14.0. The molecule has 0 amide bonds. The molecule has 0 spiro atoms. The molecule has 0 N–H and O–H groups in total. The number of thioether (sulfide) groups is 1. The normalized spacial score (nSPS) is 11.8. The fourth-order valence-electron chi connectivity index (χ4n) is 3.39. The van der Waals surface area contributed by atoms with Crippen molar-refractivity contribution >= 4 is 28.4 Å². The van der Waals surface area contributed by atoms with E-state index in [9.17, 15) is 13.6 Å². The zero-order valence-corrected chi connectivity index (χ0v) is 18.0. The number of fused-ring (bicyclic) bond motifs is 3. The number of aromatic nitrogens is 4. The molecular formula is C22H22F2N4O2S. The van der Waals surface area contributed by atoms with Gasteiger partial charge in [-0.3, -0.25) is 13.8 Å². The molecular weight excluding hydrogens is 422 g/mol. The first-order valence-corrected chi connectivity index (χ1v) is 11.0. The largest absolute Gasteiger partial charge is 0.435 e. The second-order valence-electron chi connectivity index (χ2n) is 7.55. The third kappa shape index (κ3) is 4.41. The molecule has 0 bridgehead atoms. The molecule has 0 atom stereocenters. The van der Waals surface area contributed by atoms with Crippen LogP contribution in [0.4, 0.5) is 8.78 Å². The first kappa shape index (κ1) is 21.3. The van der Waals surface area contributed by atoms with Crippen molar-refractivity contribution in [1.82, 2.24) is 19.2 Å². The van der Waals surface area contributed by atoms with Gasteiger partial charge in [-0.05, 0) is 30.5 Å². The zero-order chi connectivity index (χ0) is 22.0. The van der Waals surface area contributed by atoms with Gasteiger partial charge in [-0.1, -0.05) is 55.9 Å². The van der Waals surface area contributed by atoms with Gasteiger partial charge in [0.25, 0.3) is 5.56 Å². The Labute approximate surface area is 181 Å². The Morgan fingerprint density at radius 1 is 1.06 bits per heavy atom. The van der Waals surface area contributed by atoms with Gasteiger partial charge in [-0.2, -0.15) is 8.78 Å². The lowest BCUT2D eigenvalue weighted by Crippen LogP contribution is -2.24. The van der Waals surface area contributed by atoms with Crippen molar-refractivity contribution in [2.75, 3.05) is 0 Å². The molecule has 0 saturated carbocycles. The van der Waals surface area contributed by atoms with Gasteiger partial charge in [0, 0.05) is 17.9 Å². The van der Waals surface area contributed by atoms with Gasteiger partial charge in [0.05, 0.1) is 10.9 Å². The number of aryl methyl sites for hydroxylation is 1. The Hall–Kier alpha value is -2.94. The molecule has 162 valence electrons. The van der Waals surface area contributed by atoms with Crippen molar-refractivity contribution in [2.24, 2.45) is 5.92 Å². The molecule has 0 fully saturated rings. The number of hydrogen-bond acceptors (Lipinski definition) is 5. The molecule has 6 nitrogen and oxygen atoms in total. The van der Waals surface area contributed by atoms with E-state index in [4.69, 9.17) is 0 Å². The molecule has 4 aromatic rings. The fourth-order valence-corrected chi connectivity index (χ4v) is 4.32. The molecule has 0 unspecified atom stereocenters. The molecule has 2 aromatic heterocycles. The van der Waals surface area contributed by atoms with Gasteiger partial charge in [0.2, 0.25) is 5.78 Å². The lowest BCUT2D eigenvalue weighted by Gasteiger charge is -2.13. The third-order valence-corrected chi connectivity index (χ3v) is 5.93. The molecule has 2 heterocycles. The molecule has 0 radical (unpaired) electrons. The van der Waals surface area contributed by atoms with E-state index in [0.29, 0.717) is 45.6 Å². The second-order valence-corrected chi connectivity index (χ2v) is 8.49. The predicted molar refractivity (Wildman–Crippen MR) is 117 cm³/mol. The number of benzene rings is 2. The minimum atomic E-state index is -2.89. The Morgan fingerprint density at radius 3 is 2.58 bits per heavy atom. The topological polar surface area (TPSA) is 61.4 Å². The molecule has 31 heavy (non-hydrogen) atoms. The van der Waals surface area contributed by atoms with Crippen molar-refractivity contribution in [3.8, 4) is 5.75 Å². The summed E-state index contributed by atoms with van der Waals surface area (Å²) >= 11 is 1.35. The van der Waals surface area contributed by atoms with E-state index >= 15 is 0 Å². The van der Waals surface area contributed by atoms with Crippen molar-refractivity contribution in [2.45, 2.75) is 44.3 Å². The third-order valence-electron chi connectivity index (χ3n) is 4.95. The minimum Gasteiger partial charge on any atom is -0.435 e. The van der Waals surface area contributed by atoms with Crippen molar-refractivity contribution < 1.29 is 13.5 Å². The van der Waals surface area contributed by atoms with E-state index < -0.39 is 6.61 Å². The van der Waals surface area contributed by atoms with Gasteiger partial charge >= 0.3 is 6.61 Å². The Morgan fingerprint density at radius 2 is 1.81 bits per heavy atom. The van der Waals surface area contributed by atoms with Crippen molar-refractivity contribution in [3.63, 3.8) is 0 Å². The van der Waals surface area contributed by atoms with Gasteiger partial charge in [-0.15, -0.1) is 10.2 Å². The van der Waals surface area contributed by atoms with E-state index in [1.807, 2.05) is 22.6 Å². The first-order valence-electron chi connectivity index (χ1n) is 9.98. The standard InChI is InChI=1S/C22H22F2N4O2S/c1-14(2)11-12-27-19(29)16-8-4-5-9-17(16)28-21(27)25-26-22(28)31-13-15-7-3-6-10-18(15)30-20(23)24/h3-10,14,20H,11-13H2,1-2H3. The number of halogens is 2. The van der Waals surface area contributed by atoms with Crippen LogP contribution in [-0.2, 0) is 12.3 Å². The summed E-state index contributed by atoms with van der Waals surface area (Å²) in [6.45, 7) is 1.86. The van der Waals surface area contributed by atoms with Crippen LogP contribution < -0.4 is 10.3 Å². The lowest BCUT2D eigenvalue weighted by molar-refractivity contribution is -0.0503. The Balaban J connectivity index is 1.76. The molecule has 0 saturated heterocycles. The smallest absolute Gasteiger partial charge is 0.387 e. The van der Waals surface area contributed by atoms with Crippen molar-refractivity contribution in [3.05, 3.63) is 64.4 Å². The summed E-state index contributed by atoms with van der Waals surface area (Å²) < 4.78 is 33.6. The zero-order valence-electron chi connectivity index (χ0n) is 17.2. The van der Waals surface area contributed by atoms with Crippen LogP contribution in [0.3, 0.4) is 0 Å². The van der Waals surface area contributed by atoms with Crippen LogP contribution in [0.5, 0.6) is 5.75 Å². The van der Waals surface area contributed by atoms with Gasteiger partial charge in [0.15, 0.2) is 5.16 Å². The maximum atomic E-state index is 13.1. The van der Waals surface area contributed by atoms with Crippen LogP contribution in [0.2, 0.25) is 0 Å². The van der Waals surface area contributed by atoms with Crippen LogP contribution in [0, 0.1) is 5.92 Å². The SMILES string of the molecule is CC(C)CCn1c(=O)c2ccccc2n2c(SCc3ccccc3OC(F)F)nnc12. The number of para-hydroxylation sites is 2. The lowest BCUT2D eigenvalue weighted by atomic mass is 10.1. The number of ether oxygens (including phenoxy) is 1. The van der Waals surface area contributed by atoms with E-state index in [1.54, 1.807) is 28.8 Å². The number of alkyl halides is 2. The summed E-state index contributed by atoms with van der Waals surface area (Å²) in [7, 11) is 0. The molecule has 0 aliphatic heterocycles. The molecule has 2 aromatic carbocycles. The van der Waals surface area contributed by atoms with Crippen molar-refractivity contribution in [1.29, 1.82) is 0 Å². The quantitative estimate of drug-likeness (QED) is 0.359. The maximum absolute atomic E-state index is 13.1. The predicted octanol–water partition coefficient (Wildman–Crippen LogP) is 4.98. The Kier molecular flexibility index (Phi) is 6.22. The number of hydrogen-bond donors (Lipinski definition) is 0. The molecule has 9 heteroatoms. The summed E-state index contributed by atoms with van der Waals surface area (Å²) in [4.78, 5) is 13.1. The maximum Gasteiger partial charge on any atom is 0.387 e. The van der Waals surface area contributed by atoms with Crippen LogP contribution in [-0.4, -0.2) is 25.8 Å². The van der Waals surface area contributed by atoms with Crippen LogP contribution in [0.25, 0.3) is 16.7 Å². The molecule has 0 aliphatic rings. The van der Waals surface area contributed by atoms with E-state index in [1.165, 1.54) is 17.8 Å². The molecule has 0 aliphatic carbocycles. The number of rotatable bonds is 8. The summed E-state index contributed by atoms with van der Waals surface area (Å²) in [6.07, 6.45) is 0.835. The van der Waals surface area contributed by atoms with E-state index in [-0.39, 0.29) is 11.3 Å². The van der Waals surface area contributed by atoms with E-state index in [2.05, 4.69) is 28.8 Å². The number of nitrogens with zero attached hydrogens (tertiary/aromatic N) is 4. The highest BCUT2D eigenvalue weighted by Gasteiger charge is 2.18. The van der Waals surface area contributed by atoms with Gasteiger partial charge in [-0.25, -0.2) is 0 Å². The van der Waals surface area contributed by atoms with Gasteiger partial charge in [0.1, 0.15) is 5.75 Å². The average molecular weight is 445 g/mol. The highest BCUT2D eigenvalue weighted by molar-refractivity contribution is 7.98. The fraction of sp³-hybridized carbons (Fsp3) is 0.318. The summed E-state index contributed by atoms with van der Waals surface area (Å²) in [5.74, 6) is 1.41. The summed E-state index contributed by atoms with van der Waals surface area (Å²) in [5, 5.41) is 9.77. The highest BCUT2D eigenvalue weighted by atomic mass is 32.2. The summed E-state index contributed by atoms with van der Waals surface area (Å²) in [5.41, 5.74) is 1.25. The molecule has 4 rings (SSSR count). The Bertz CT molecular complexity index is 1270. The highest BCUT2D eigenvalue weighted by Crippen LogP contribution is 2.29. The average Bonchev–Trinajstić information content (AvgIpc) is 3.16. The monoisotopic (exact) mass is 444 g/mol. The second kappa shape index (κ2) is 9.05. The van der Waals surface area contributed by atoms with Gasteiger partial charge < -0.3 is 4.74 Å². The first-order chi connectivity index (χ1) is 15.0. The van der Waals surface area contributed by atoms with Crippen LogP contribution in [0.1, 0.15) is 25.8 Å². The van der Waals surface area contributed by atoms with Crippen LogP contribution in [0.15, 0.2) is 58.5 Å². The van der Waals surface area contributed by atoms with Crippen LogP contribution >= 0.6 is 11.8 Å². The minimum absolute atomic E-state index is 0.0941.